The highest BCUT2D eigenvalue weighted by molar-refractivity contribution is 5.58. The highest BCUT2D eigenvalue weighted by Crippen LogP contribution is 2.33. The summed E-state index contributed by atoms with van der Waals surface area (Å²) in [6.07, 6.45) is 5.36. The fourth-order valence-corrected chi connectivity index (χ4v) is 3.42. The normalized spacial score (nSPS) is 20.5. The van der Waals surface area contributed by atoms with E-state index in [-0.39, 0.29) is 0 Å². The highest BCUT2D eigenvalue weighted by Gasteiger charge is 2.36. The van der Waals surface area contributed by atoms with Crippen molar-refractivity contribution >= 4 is 5.82 Å². The molecule has 0 aromatic carbocycles. The Bertz CT molecular complexity index is 808. The first-order valence-corrected chi connectivity index (χ1v) is 8.69. The molecule has 1 saturated heterocycles. The summed E-state index contributed by atoms with van der Waals surface area (Å²) >= 11 is 0. The van der Waals surface area contributed by atoms with Crippen LogP contribution in [-0.4, -0.2) is 39.7 Å². The quantitative estimate of drug-likeness (QED) is 0.846. The summed E-state index contributed by atoms with van der Waals surface area (Å²) in [4.78, 5) is 2.11. The van der Waals surface area contributed by atoms with Gasteiger partial charge in [-0.3, -0.25) is 4.68 Å². The lowest BCUT2D eigenvalue weighted by Crippen LogP contribution is -2.49. The van der Waals surface area contributed by atoms with Crippen molar-refractivity contribution in [2.24, 2.45) is 7.05 Å². The smallest absolute Gasteiger partial charge is 0.169 e. The maximum atomic E-state index is 9.74. The lowest BCUT2D eigenvalue weighted by molar-refractivity contribution is -0.0469. The molecule has 3 rings (SSSR count). The van der Waals surface area contributed by atoms with Gasteiger partial charge in [0, 0.05) is 25.4 Å². The Kier molecular flexibility index (Phi) is 4.73. The van der Waals surface area contributed by atoms with E-state index in [4.69, 9.17) is 4.74 Å². The predicted molar refractivity (Wildman–Crippen MR) is 94.2 cm³/mol. The second kappa shape index (κ2) is 6.81. The van der Waals surface area contributed by atoms with Gasteiger partial charge < -0.3 is 9.64 Å². The molecule has 0 bridgehead atoms. The minimum absolute atomic E-state index is 0.489. The van der Waals surface area contributed by atoms with Crippen molar-refractivity contribution in [2.75, 3.05) is 24.6 Å². The summed E-state index contributed by atoms with van der Waals surface area (Å²) in [6.45, 7) is 8.01. The third kappa shape index (κ3) is 3.10. The number of ether oxygens (including phenoxy) is 1. The van der Waals surface area contributed by atoms with Crippen LogP contribution in [0.3, 0.4) is 0 Å². The van der Waals surface area contributed by atoms with Crippen LogP contribution in [0.5, 0.6) is 0 Å². The lowest BCUT2D eigenvalue weighted by atomic mass is 9.96. The molecule has 1 aliphatic heterocycles. The minimum Gasteiger partial charge on any atom is -0.367 e. The Balaban J connectivity index is 1.98. The summed E-state index contributed by atoms with van der Waals surface area (Å²) in [5.41, 5.74) is 3.09. The molecule has 7 heteroatoms. The molecule has 1 atom stereocenters. The van der Waals surface area contributed by atoms with Gasteiger partial charge in [-0.25, -0.2) is 0 Å². The standard InChI is InChI=1S/C18H24N6O/c1-5-14-15(9-19)17(22-21-16(14)6-2)24-7-8-25-18(3,12-24)13-10-20-23(4)11-13/h10-11H,5-8,12H2,1-4H3. The third-order valence-corrected chi connectivity index (χ3v) is 4.83. The summed E-state index contributed by atoms with van der Waals surface area (Å²) < 4.78 is 7.84. The van der Waals surface area contributed by atoms with Crippen molar-refractivity contribution in [1.82, 2.24) is 20.0 Å². The van der Waals surface area contributed by atoms with Gasteiger partial charge in [0.05, 0.1) is 25.0 Å². The van der Waals surface area contributed by atoms with Crippen LogP contribution >= 0.6 is 0 Å². The largest absolute Gasteiger partial charge is 0.367 e. The zero-order chi connectivity index (χ0) is 18.0. The second-order valence-electron chi connectivity index (χ2n) is 6.55. The molecule has 0 aliphatic carbocycles. The van der Waals surface area contributed by atoms with Crippen LogP contribution < -0.4 is 4.90 Å². The Morgan fingerprint density at radius 3 is 2.72 bits per heavy atom. The van der Waals surface area contributed by atoms with Crippen molar-refractivity contribution in [1.29, 1.82) is 5.26 Å². The molecule has 2 aromatic heterocycles. The highest BCUT2D eigenvalue weighted by atomic mass is 16.5. The first kappa shape index (κ1) is 17.4. The number of rotatable bonds is 4. The van der Waals surface area contributed by atoms with E-state index in [9.17, 15) is 5.26 Å². The van der Waals surface area contributed by atoms with Gasteiger partial charge in [-0.15, -0.1) is 5.10 Å². The van der Waals surface area contributed by atoms with Crippen LogP contribution in [0, 0.1) is 11.3 Å². The van der Waals surface area contributed by atoms with E-state index in [0.29, 0.717) is 31.1 Å². The van der Waals surface area contributed by atoms with Gasteiger partial charge in [-0.05, 0) is 25.3 Å². The van der Waals surface area contributed by atoms with Gasteiger partial charge in [0.2, 0.25) is 0 Å². The molecule has 1 fully saturated rings. The first-order chi connectivity index (χ1) is 12.0. The molecule has 2 aromatic rings. The Hall–Kier alpha value is -2.46. The molecule has 0 N–H and O–H groups in total. The summed E-state index contributed by atoms with van der Waals surface area (Å²) in [5.74, 6) is 0.662. The Morgan fingerprint density at radius 2 is 2.12 bits per heavy atom. The van der Waals surface area contributed by atoms with E-state index < -0.39 is 5.60 Å². The predicted octanol–water partition coefficient (Wildman–Crippen LogP) is 1.96. The number of nitriles is 1. The average Bonchev–Trinajstić information content (AvgIpc) is 3.07. The fraction of sp³-hybridized carbons (Fsp3) is 0.556. The number of anilines is 1. The number of hydrogen-bond donors (Lipinski definition) is 0. The zero-order valence-corrected chi connectivity index (χ0v) is 15.3. The van der Waals surface area contributed by atoms with Crippen LogP contribution in [0.4, 0.5) is 5.82 Å². The van der Waals surface area contributed by atoms with Gasteiger partial charge in [0.1, 0.15) is 17.2 Å². The average molecular weight is 340 g/mol. The molecular formula is C18H24N6O. The van der Waals surface area contributed by atoms with Crippen molar-refractivity contribution in [3.8, 4) is 6.07 Å². The van der Waals surface area contributed by atoms with E-state index in [1.807, 2.05) is 26.4 Å². The minimum atomic E-state index is -0.489. The number of nitrogens with zero attached hydrogens (tertiary/aromatic N) is 6. The molecule has 0 radical (unpaired) electrons. The summed E-state index contributed by atoms with van der Waals surface area (Å²) in [5, 5.41) is 22.8. The number of hydrogen-bond acceptors (Lipinski definition) is 6. The van der Waals surface area contributed by atoms with Crippen LogP contribution in [0.1, 0.15) is 43.2 Å². The number of aryl methyl sites for hydroxylation is 2. The van der Waals surface area contributed by atoms with Gasteiger partial charge in [0.25, 0.3) is 0 Å². The molecule has 7 nitrogen and oxygen atoms in total. The summed E-state index contributed by atoms with van der Waals surface area (Å²) in [6, 6.07) is 2.36. The molecule has 1 aliphatic rings. The Labute approximate surface area is 148 Å². The molecule has 25 heavy (non-hydrogen) atoms. The third-order valence-electron chi connectivity index (χ3n) is 4.83. The SMILES string of the molecule is CCc1nnc(N2CCOC(C)(c3cnn(C)c3)C2)c(C#N)c1CC. The van der Waals surface area contributed by atoms with Crippen LogP contribution in [-0.2, 0) is 30.2 Å². The van der Waals surface area contributed by atoms with Crippen LogP contribution in [0.25, 0.3) is 0 Å². The van der Waals surface area contributed by atoms with Crippen LogP contribution in [0.2, 0.25) is 0 Å². The van der Waals surface area contributed by atoms with Crippen molar-refractivity contribution < 1.29 is 4.74 Å². The van der Waals surface area contributed by atoms with Crippen molar-refractivity contribution in [2.45, 2.75) is 39.2 Å². The van der Waals surface area contributed by atoms with E-state index in [2.05, 4.69) is 40.1 Å². The topological polar surface area (TPSA) is 79.9 Å². The Morgan fingerprint density at radius 1 is 1.32 bits per heavy atom. The molecule has 3 heterocycles. The fourth-order valence-electron chi connectivity index (χ4n) is 3.42. The first-order valence-electron chi connectivity index (χ1n) is 8.69. The van der Waals surface area contributed by atoms with Crippen LogP contribution in [0.15, 0.2) is 12.4 Å². The molecule has 132 valence electrons. The van der Waals surface area contributed by atoms with Crippen molar-refractivity contribution in [3.05, 3.63) is 34.8 Å². The van der Waals surface area contributed by atoms with E-state index in [1.165, 1.54) is 0 Å². The lowest BCUT2D eigenvalue weighted by Gasteiger charge is -2.40. The van der Waals surface area contributed by atoms with E-state index in [1.54, 1.807) is 4.68 Å². The van der Waals surface area contributed by atoms with Gasteiger partial charge in [-0.2, -0.15) is 15.5 Å². The van der Waals surface area contributed by atoms with Gasteiger partial charge in [-0.1, -0.05) is 13.8 Å². The molecule has 0 saturated carbocycles. The van der Waals surface area contributed by atoms with E-state index >= 15 is 0 Å². The summed E-state index contributed by atoms with van der Waals surface area (Å²) in [7, 11) is 1.89. The van der Waals surface area contributed by atoms with Crippen molar-refractivity contribution in [3.63, 3.8) is 0 Å². The zero-order valence-electron chi connectivity index (χ0n) is 15.3. The molecule has 1 unspecified atom stereocenters. The maximum absolute atomic E-state index is 9.74. The maximum Gasteiger partial charge on any atom is 0.169 e. The molecule has 0 spiro atoms. The number of aromatic nitrogens is 4. The van der Waals surface area contributed by atoms with Gasteiger partial charge in [0.15, 0.2) is 5.82 Å². The monoisotopic (exact) mass is 340 g/mol. The molecular weight excluding hydrogens is 316 g/mol. The molecule has 0 amide bonds. The van der Waals surface area contributed by atoms with Gasteiger partial charge >= 0.3 is 0 Å². The second-order valence-corrected chi connectivity index (χ2v) is 6.55. The van der Waals surface area contributed by atoms with E-state index in [0.717, 1.165) is 29.7 Å². The number of morpholine rings is 1.